The molecule has 0 bridgehead atoms. The topological polar surface area (TPSA) is 61.3 Å². The van der Waals surface area contributed by atoms with Gasteiger partial charge in [0, 0.05) is 5.56 Å². The highest BCUT2D eigenvalue weighted by Gasteiger charge is 2.10. The molecule has 0 unspecified atom stereocenters. The number of benzene rings is 1. The third-order valence-electron chi connectivity index (χ3n) is 2.37. The van der Waals surface area contributed by atoms with Crippen molar-refractivity contribution in [3.63, 3.8) is 0 Å². The van der Waals surface area contributed by atoms with Crippen molar-refractivity contribution in [2.24, 2.45) is 5.73 Å². The largest absolute Gasteiger partial charge is 0.497 e. The van der Waals surface area contributed by atoms with E-state index in [1.165, 1.54) is 0 Å². The molecule has 2 rings (SSSR count). The van der Waals surface area contributed by atoms with Crippen LogP contribution in [-0.4, -0.2) is 12.1 Å². The van der Waals surface area contributed by atoms with Gasteiger partial charge in [-0.1, -0.05) is 0 Å². The number of aromatic nitrogens is 1. The van der Waals surface area contributed by atoms with E-state index in [0.717, 1.165) is 22.8 Å². The Morgan fingerprint density at radius 1 is 1.31 bits per heavy atom. The molecular formula is C12H14N2O2. The molecule has 0 aliphatic rings. The minimum atomic E-state index is 0.316. The van der Waals surface area contributed by atoms with E-state index in [1.54, 1.807) is 7.11 Å². The number of nitrogens with zero attached hydrogens (tertiary/aromatic N) is 1. The monoisotopic (exact) mass is 218 g/mol. The Morgan fingerprint density at radius 2 is 2.00 bits per heavy atom. The molecule has 4 heteroatoms. The van der Waals surface area contributed by atoms with Crippen LogP contribution in [0.2, 0.25) is 0 Å². The third-order valence-corrected chi connectivity index (χ3v) is 2.37. The summed E-state index contributed by atoms with van der Waals surface area (Å²) in [5.41, 5.74) is 7.31. The molecule has 1 aromatic heterocycles. The van der Waals surface area contributed by atoms with Gasteiger partial charge < -0.3 is 14.9 Å². The normalized spacial score (nSPS) is 10.4. The first-order chi connectivity index (χ1) is 7.74. The molecule has 0 radical (unpaired) electrons. The lowest BCUT2D eigenvalue weighted by Gasteiger charge is -2.01. The quantitative estimate of drug-likeness (QED) is 0.857. The molecule has 84 valence electrons. The summed E-state index contributed by atoms with van der Waals surface area (Å²) in [5.74, 6) is 2.14. The third kappa shape index (κ3) is 1.92. The maximum Gasteiger partial charge on any atom is 0.208 e. The molecule has 2 aromatic rings. The van der Waals surface area contributed by atoms with Crippen LogP contribution in [0, 0.1) is 6.92 Å². The average Bonchev–Trinajstić information content (AvgIpc) is 2.71. The maximum atomic E-state index is 5.55. The molecule has 16 heavy (non-hydrogen) atoms. The molecule has 0 aliphatic heterocycles. The fraction of sp³-hybridized carbons (Fsp3) is 0.250. The van der Waals surface area contributed by atoms with Gasteiger partial charge in [0.05, 0.1) is 19.3 Å². The number of aryl methyl sites for hydroxylation is 1. The fourth-order valence-corrected chi connectivity index (χ4v) is 1.55. The highest BCUT2D eigenvalue weighted by Crippen LogP contribution is 2.26. The first kappa shape index (κ1) is 10.7. The van der Waals surface area contributed by atoms with Crippen molar-refractivity contribution in [1.82, 2.24) is 4.98 Å². The molecule has 0 saturated carbocycles. The van der Waals surface area contributed by atoms with E-state index in [-0.39, 0.29) is 0 Å². The van der Waals surface area contributed by atoms with Crippen molar-refractivity contribution < 1.29 is 9.15 Å². The standard InChI is InChI=1S/C12H14N2O2/c1-8-12(16-11(7-13)14-8)9-3-5-10(15-2)6-4-9/h3-6H,7,13H2,1-2H3. The first-order valence-electron chi connectivity index (χ1n) is 5.05. The molecule has 0 fully saturated rings. The molecule has 2 N–H and O–H groups in total. The smallest absolute Gasteiger partial charge is 0.208 e. The highest BCUT2D eigenvalue weighted by atomic mass is 16.5. The summed E-state index contributed by atoms with van der Waals surface area (Å²) in [7, 11) is 1.64. The highest BCUT2D eigenvalue weighted by molar-refractivity contribution is 5.60. The Morgan fingerprint density at radius 3 is 2.50 bits per heavy atom. The Kier molecular flexibility index (Phi) is 2.92. The Bertz CT molecular complexity index is 474. The van der Waals surface area contributed by atoms with Crippen LogP contribution in [0.15, 0.2) is 28.7 Å². The van der Waals surface area contributed by atoms with Gasteiger partial charge in [-0.3, -0.25) is 0 Å². The van der Waals surface area contributed by atoms with E-state index in [1.807, 2.05) is 31.2 Å². The van der Waals surface area contributed by atoms with Crippen molar-refractivity contribution in [3.8, 4) is 17.1 Å². The predicted octanol–water partition coefficient (Wildman–Crippen LogP) is 2.12. The van der Waals surface area contributed by atoms with Crippen molar-refractivity contribution in [3.05, 3.63) is 35.9 Å². The molecule has 0 saturated heterocycles. The molecular weight excluding hydrogens is 204 g/mol. The fourth-order valence-electron chi connectivity index (χ4n) is 1.55. The van der Waals surface area contributed by atoms with Gasteiger partial charge in [0.2, 0.25) is 5.89 Å². The minimum absolute atomic E-state index is 0.316. The Hall–Kier alpha value is -1.81. The number of hydrogen-bond acceptors (Lipinski definition) is 4. The number of nitrogens with two attached hydrogens (primary N) is 1. The van der Waals surface area contributed by atoms with E-state index in [0.29, 0.717) is 12.4 Å². The summed E-state index contributed by atoms with van der Waals surface area (Å²) in [5, 5.41) is 0. The lowest BCUT2D eigenvalue weighted by Crippen LogP contribution is -1.95. The number of hydrogen-bond donors (Lipinski definition) is 1. The van der Waals surface area contributed by atoms with Crippen LogP contribution in [0.4, 0.5) is 0 Å². The van der Waals surface area contributed by atoms with Gasteiger partial charge in [0.25, 0.3) is 0 Å². The van der Waals surface area contributed by atoms with Crippen LogP contribution in [0.1, 0.15) is 11.6 Å². The molecule has 1 heterocycles. The van der Waals surface area contributed by atoms with Gasteiger partial charge in [-0.05, 0) is 31.2 Å². The predicted molar refractivity (Wildman–Crippen MR) is 61.1 cm³/mol. The van der Waals surface area contributed by atoms with Gasteiger partial charge in [0.1, 0.15) is 5.75 Å². The summed E-state index contributed by atoms with van der Waals surface area (Å²) in [6.45, 7) is 2.22. The van der Waals surface area contributed by atoms with E-state index < -0.39 is 0 Å². The lowest BCUT2D eigenvalue weighted by atomic mass is 10.1. The van der Waals surface area contributed by atoms with E-state index in [2.05, 4.69) is 4.98 Å². The van der Waals surface area contributed by atoms with Crippen LogP contribution < -0.4 is 10.5 Å². The van der Waals surface area contributed by atoms with Crippen molar-refractivity contribution in [2.45, 2.75) is 13.5 Å². The number of rotatable bonds is 3. The number of oxazole rings is 1. The van der Waals surface area contributed by atoms with E-state index in [9.17, 15) is 0 Å². The average molecular weight is 218 g/mol. The number of ether oxygens (including phenoxy) is 1. The van der Waals surface area contributed by atoms with Crippen LogP contribution in [0.3, 0.4) is 0 Å². The van der Waals surface area contributed by atoms with Gasteiger partial charge in [-0.15, -0.1) is 0 Å². The summed E-state index contributed by atoms with van der Waals surface area (Å²) < 4.78 is 10.6. The summed E-state index contributed by atoms with van der Waals surface area (Å²) in [6.07, 6.45) is 0. The van der Waals surface area contributed by atoms with Crippen molar-refractivity contribution in [2.75, 3.05) is 7.11 Å². The maximum absolute atomic E-state index is 5.55. The lowest BCUT2D eigenvalue weighted by molar-refractivity contribution is 0.415. The van der Waals surface area contributed by atoms with E-state index in [4.69, 9.17) is 14.9 Å². The zero-order valence-electron chi connectivity index (χ0n) is 9.36. The SMILES string of the molecule is COc1ccc(-c2oc(CN)nc2C)cc1. The van der Waals surface area contributed by atoms with E-state index >= 15 is 0 Å². The van der Waals surface area contributed by atoms with Gasteiger partial charge >= 0.3 is 0 Å². The first-order valence-corrected chi connectivity index (χ1v) is 5.05. The van der Waals surface area contributed by atoms with Crippen LogP contribution in [0.5, 0.6) is 5.75 Å². The summed E-state index contributed by atoms with van der Waals surface area (Å²) in [4.78, 5) is 4.23. The summed E-state index contributed by atoms with van der Waals surface area (Å²) >= 11 is 0. The molecule has 0 spiro atoms. The second-order valence-corrected chi connectivity index (χ2v) is 3.45. The molecule has 0 amide bonds. The zero-order valence-corrected chi connectivity index (χ0v) is 9.36. The zero-order chi connectivity index (χ0) is 11.5. The molecule has 0 atom stereocenters. The van der Waals surface area contributed by atoms with Crippen LogP contribution >= 0.6 is 0 Å². The van der Waals surface area contributed by atoms with Crippen LogP contribution in [0.25, 0.3) is 11.3 Å². The van der Waals surface area contributed by atoms with Crippen molar-refractivity contribution >= 4 is 0 Å². The Balaban J connectivity index is 2.38. The van der Waals surface area contributed by atoms with Crippen LogP contribution in [-0.2, 0) is 6.54 Å². The minimum Gasteiger partial charge on any atom is -0.497 e. The van der Waals surface area contributed by atoms with Crippen molar-refractivity contribution in [1.29, 1.82) is 0 Å². The molecule has 1 aromatic carbocycles. The molecule has 0 aliphatic carbocycles. The second kappa shape index (κ2) is 4.37. The van der Waals surface area contributed by atoms with Gasteiger partial charge in [-0.2, -0.15) is 0 Å². The van der Waals surface area contributed by atoms with Gasteiger partial charge in [0.15, 0.2) is 5.76 Å². The second-order valence-electron chi connectivity index (χ2n) is 3.45. The summed E-state index contributed by atoms with van der Waals surface area (Å²) in [6, 6.07) is 7.65. The number of methoxy groups -OCH3 is 1. The van der Waals surface area contributed by atoms with Gasteiger partial charge in [-0.25, -0.2) is 4.98 Å². The molecule has 4 nitrogen and oxygen atoms in total. The Labute approximate surface area is 94.1 Å².